The largest absolute Gasteiger partial charge is 0.491 e. The van der Waals surface area contributed by atoms with E-state index in [1.807, 2.05) is 31.2 Å². The van der Waals surface area contributed by atoms with Crippen molar-refractivity contribution in [2.24, 2.45) is 7.05 Å². The predicted molar refractivity (Wildman–Crippen MR) is 107 cm³/mol. The van der Waals surface area contributed by atoms with Gasteiger partial charge in [-0.05, 0) is 19.1 Å². The van der Waals surface area contributed by atoms with Crippen molar-refractivity contribution in [3.8, 4) is 5.75 Å². The van der Waals surface area contributed by atoms with E-state index >= 15 is 0 Å². The maximum absolute atomic E-state index is 12.4. The number of aromatic amines is 1. The molecule has 0 aliphatic heterocycles. The number of imidazole rings is 1. The lowest BCUT2D eigenvalue weighted by molar-refractivity contribution is 0.0938. The van der Waals surface area contributed by atoms with Crippen molar-refractivity contribution in [3.05, 3.63) is 63.3 Å². The average Bonchev–Trinajstić information content (AvgIpc) is 3.03. The van der Waals surface area contributed by atoms with E-state index in [0.717, 1.165) is 5.56 Å². The number of aliphatic hydroxyl groups excluding tert-OH is 1. The summed E-state index contributed by atoms with van der Waals surface area (Å²) in [6, 6.07) is 7.49. The number of anilines is 1. The molecule has 0 saturated heterocycles. The van der Waals surface area contributed by atoms with Gasteiger partial charge in [0.25, 0.3) is 5.56 Å². The van der Waals surface area contributed by atoms with E-state index in [1.54, 1.807) is 10.6 Å². The summed E-state index contributed by atoms with van der Waals surface area (Å²) < 4.78 is 8.41. The molecule has 1 aromatic carbocycles. The van der Waals surface area contributed by atoms with Crippen molar-refractivity contribution in [3.63, 3.8) is 0 Å². The Bertz CT molecular complexity index is 1090. The molecule has 9 heteroatoms. The van der Waals surface area contributed by atoms with Crippen LogP contribution in [0.15, 0.2) is 46.5 Å². The molecule has 3 N–H and O–H groups in total. The first-order valence-corrected chi connectivity index (χ1v) is 8.82. The van der Waals surface area contributed by atoms with Crippen LogP contribution in [0.1, 0.15) is 5.56 Å². The minimum atomic E-state index is -0.903. The Morgan fingerprint density at radius 2 is 2.07 bits per heavy atom. The fraction of sp³-hybridized carbons (Fsp3) is 0.316. The summed E-state index contributed by atoms with van der Waals surface area (Å²) in [5, 5.41) is 13.5. The third kappa shape index (κ3) is 3.99. The summed E-state index contributed by atoms with van der Waals surface area (Å²) >= 11 is 0. The number of aromatic nitrogens is 4. The van der Waals surface area contributed by atoms with Crippen LogP contribution in [0, 0.1) is 6.92 Å². The third-order valence-corrected chi connectivity index (χ3v) is 4.27. The molecule has 0 unspecified atom stereocenters. The molecule has 0 saturated carbocycles. The van der Waals surface area contributed by atoms with Gasteiger partial charge in [-0.15, -0.1) is 6.58 Å². The van der Waals surface area contributed by atoms with Crippen LogP contribution >= 0.6 is 0 Å². The van der Waals surface area contributed by atoms with Crippen LogP contribution in [0.5, 0.6) is 5.75 Å². The molecule has 0 aliphatic rings. The number of H-pyrrole nitrogens is 1. The maximum Gasteiger partial charge on any atom is 0.329 e. The Balaban J connectivity index is 1.88. The molecule has 2 aromatic heterocycles. The number of aliphatic hydroxyl groups is 1. The van der Waals surface area contributed by atoms with Crippen molar-refractivity contribution in [2.45, 2.75) is 19.6 Å². The van der Waals surface area contributed by atoms with Gasteiger partial charge in [0.15, 0.2) is 11.2 Å². The smallest absolute Gasteiger partial charge is 0.329 e. The van der Waals surface area contributed by atoms with Gasteiger partial charge >= 0.3 is 5.69 Å². The second kappa shape index (κ2) is 8.13. The number of benzene rings is 1. The summed E-state index contributed by atoms with van der Waals surface area (Å²) in [4.78, 5) is 30.8. The van der Waals surface area contributed by atoms with Gasteiger partial charge in [0.2, 0.25) is 5.95 Å². The van der Waals surface area contributed by atoms with E-state index < -0.39 is 17.4 Å². The highest BCUT2D eigenvalue weighted by Crippen LogP contribution is 2.17. The zero-order chi connectivity index (χ0) is 20.3. The van der Waals surface area contributed by atoms with Gasteiger partial charge in [-0.25, -0.2) is 4.79 Å². The Morgan fingerprint density at radius 3 is 2.75 bits per heavy atom. The third-order valence-electron chi connectivity index (χ3n) is 4.27. The van der Waals surface area contributed by atoms with E-state index in [-0.39, 0.29) is 24.3 Å². The Kier molecular flexibility index (Phi) is 5.65. The SMILES string of the molecule is C=CCNc1nc2c(c(=O)[nH]c(=O)n2C)n1C[C@@H](O)COc1ccc(C)cc1. The summed E-state index contributed by atoms with van der Waals surface area (Å²) in [5.74, 6) is 1.00. The monoisotopic (exact) mass is 385 g/mol. The number of nitrogens with zero attached hydrogens (tertiary/aromatic N) is 3. The zero-order valence-electron chi connectivity index (χ0n) is 15.8. The standard InChI is InChI=1S/C19H23N5O4/c1-4-9-20-18-21-16-15(17(26)22-19(27)23(16)3)24(18)10-13(25)11-28-14-7-5-12(2)6-8-14/h4-8,13,25H,1,9-11H2,2-3H3,(H,20,21)(H,22,26,27)/t13-/m1/s1. The molecular weight excluding hydrogens is 362 g/mol. The molecule has 3 rings (SSSR count). The maximum atomic E-state index is 12.4. The first-order chi connectivity index (χ1) is 13.4. The predicted octanol–water partition coefficient (Wildman–Crippen LogP) is 0.770. The Morgan fingerprint density at radius 1 is 1.36 bits per heavy atom. The fourth-order valence-corrected chi connectivity index (χ4v) is 2.80. The molecule has 0 amide bonds. The van der Waals surface area contributed by atoms with Crippen LogP contribution in [-0.4, -0.2) is 43.5 Å². The van der Waals surface area contributed by atoms with Gasteiger partial charge in [0.05, 0.1) is 6.54 Å². The average molecular weight is 385 g/mol. The number of fused-ring (bicyclic) bond motifs is 1. The number of rotatable bonds is 8. The minimum Gasteiger partial charge on any atom is -0.491 e. The minimum absolute atomic E-state index is 0.0350. The molecule has 3 aromatic rings. The van der Waals surface area contributed by atoms with Crippen LogP contribution in [-0.2, 0) is 13.6 Å². The molecule has 28 heavy (non-hydrogen) atoms. The van der Waals surface area contributed by atoms with E-state index in [0.29, 0.717) is 18.2 Å². The van der Waals surface area contributed by atoms with Crippen LogP contribution < -0.4 is 21.3 Å². The fourth-order valence-electron chi connectivity index (χ4n) is 2.80. The van der Waals surface area contributed by atoms with Crippen molar-refractivity contribution in [2.75, 3.05) is 18.5 Å². The van der Waals surface area contributed by atoms with Gasteiger partial charge in [0.1, 0.15) is 18.5 Å². The topological polar surface area (TPSA) is 114 Å². The molecule has 2 heterocycles. The van der Waals surface area contributed by atoms with Crippen LogP contribution in [0.25, 0.3) is 11.2 Å². The van der Waals surface area contributed by atoms with Crippen molar-refractivity contribution in [1.29, 1.82) is 0 Å². The molecule has 1 atom stereocenters. The van der Waals surface area contributed by atoms with E-state index in [9.17, 15) is 14.7 Å². The molecule has 0 spiro atoms. The van der Waals surface area contributed by atoms with Crippen LogP contribution in [0.3, 0.4) is 0 Å². The first kappa shape index (κ1) is 19.4. The number of ether oxygens (including phenoxy) is 1. The molecule has 9 nitrogen and oxygen atoms in total. The summed E-state index contributed by atoms with van der Waals surface area (Å²) in [6.07, 6.45) is 0.740. The van der Waals surface area contributed by atoms with Crippen molar-refractivity contribution < 1.29 is 9.84 Å². The molecule has 0 radical (unpaired) electrons. The van der Waals surface area contributed by atoms with Gasteiger partial charge in [-0.3, -0.25) is 14.3 Å². The summed E-state index contributed by atoms with van der Waals surface area (Å²) in [6.45, 7) is 6.13. The molecule has 0 bridgehead atoms. The lowest BCUT2D eigenvalue weighted by Crippen LogP contribution is -2.31. The highest BCUT2D eigenvalue weighted by Gasteiger charge is 2.19. The Hall–Kier alpha value is -3.33. The zero-order valence-corrected chi connectivity index (χ0v) is 15.8. The number of nitrogens with one attached hydrogen (secondary N) is 2. The van der Waals surface area contributed by atoms with E-state index in [4.69, 9.17) is 4.74 Å². The lowest BCUT2D eigenvalue weighted by atomic mass is 10.2. The van der Waals surface area contributed by atoms with Gasteiger partial charge in [-0.2, -0.15) is 4.98 Å². The van der Waals surface area contributed by atoms with Gasteiger partial charge in [0, 0.05) is 13.6 Å². The number of hydrogen-bond acceptors (Lipinski definition) is 6. The summed E-state index contributed by atoms with van der Waals surface area (Å²) in [7, 11) is 1.52. The van der Waals surface area contributed by atoms with Gasteiger partial charge < -0.3 is 19.7 Å². The molecule has 0 aliphatic carbocycles. The van der Waals surface area contributed by atoms with Crippen LogP contribution in [0.2, 0.25) is 0 Å². The lowest BCUT2D eigenvalue weighted by Gasteiger charge is -2.15. The molecule has 148 valence electrons. The van der Waals surface area contributed by atoms with E-state index in [2.05, 4.69) is 21.9 Å². The van der Waals surface area contributed by atoms with E-state index in [1.165, 1.54) is 11.6 Å². The van der Waals surface area contributed by atoms with Crippen molar-refractivity contribution in [1.82, 2.24) is 19.1 Å². The van der Waals surface area contributed by atoms with Gasteiger partial charge in [-0.1, -0.05) is 23.8 Å². The Labute approximate surface area is 160 Å². The van der Waals surface area contributed by atoms with Crippen molar-refractivity contribution >= 4 is 17.1 Å². The highest BCUT2D eigenvalue weighted by atomic mass is 16.5. The quantitative estimate of drug-likeness (QED) is 0.494. The normalized spacial score (nSPS) is 12.1. The number of aryl methyl sites for hydroxylation is 2. The summed E-state index contributed by atoms with van der Waals surface area (Å²) in [5.41, 5.74) is 0.417. The second-order valence-corrected chi connectivity index (χ2v) is 6.48. The second-order valence-electron chi connectivity index (χ2n) is 6.48. The molecule has 0 fully saturated rings. The highest BCUT2D eigenvalue weighted by molar-refractivity contribution is 5.74. The first-order valence-electron chi connectivity index (χ1n) is 8.82. The molecular formula is C19H23N5O4. The number of hydrogen-bond donors (Lipinski definition) is 3. The van der Waals surface area contributed by atoms with Crippen LogP contribution in [0.4, 0.5) is 5.95 Å².